The predicted molar refractivity (Wildman–Crippen MR) is 432 cm³/mol. The van der Waals surface area contributed by atoms with Gasteiger partial charge in [-0.25, -0.2) is 0 Å². The molecule has 6 heterocycles. The lowest BCUT2D eigenvalue weighted by Crippen LogP contribution is -2.58. The number of fused-ring (bicyclic) bond motifs is 14. The zero-order chi connectivity index (χ0) is 69.6. The molecular formula is C96H71B2N3O2. The summed E-state index contributed by atoms with van der Waals surface area (Å²) in [4.78, 5) is 0. The third kappa shape index (κ3) is 9.26. The van der Waals surface area contributed by atoms with Crippen molar-refractivity contribution < 1.29 is 9.47 Å². The van der Waals surface area contributed by atoms with E-state index in [0.717, 1.165) is 73.2 Å². The van der Waals surface area contributed by atoms with Crippen LogP contribution in [0.4, 0.5) is 0 Å². The molecule has 5 nitrogen and oxygen atoms in total. The molecule has 7 heteroatoms. The van der Waals surface area contributed by atoms with Gasteiger partial charge >= 0.3 is 0 Å². The molecule has 0 atom stereocenters. The van der Waals surface area contributed by atoms with Crippen molar-refractivity contribution in [3.05, 3.63) is 300 Å². The normalized spacial score (nSPS) is 13.0. The van der Waals surface area contributed by atoms with E-state index in [1.165, 1.54) is 143 Å². The maximum atomic E-state index is 9.83. The third-order valence-electron chi connectivity index (χ3n) is 23.0. The molecule has 0 saturated heterocycles. The van der Waals surface area contributed by atoms with E-state index >= 15 is 0 Å². The summed E-state index contributed by atoms with van der Waals surface area (Å²) in [5.74, 6) is 3.57. The number of aryl methyl sites for hydroxylation is 2. The summed E-state index contributed by atoms with van der Waals surface area (Å²) in [5, 5.41) is 14.7. The van der Waals surface area contributed by atoms with Crippen LogP contribution in [-0.4, -0.2) is 22.6 Å². The summed E-state index contributed by atoms with van der Waals surface area (Å²) < 4.78 is 19.7. The highest BCUT2D eigenvalue weighted by Crippen LogP contribution is 2.48. The Labute approximate surface area is 601 Å². The Morgan fingerprint density at radius 3 is 1.17 bits per heavy atom. The highest BCUT2D eigenvalue weighted by Gasteiger charge is 2.44. The molecule has 0 aliphatic carbocycles. The van der Waals surface area contributed by atoms with Gasteiger partial charge in [-0.2, -0.15) is 5.26 Å². The Morgan fingerprint density at radius 1 is 0.320 bits per heavy atom. The lowest BCUT2D eigenvalue weighted by Gasteiger charge is -2.35. The molecule has 0 amide bonds. The maximum absolute atomic E-state index is 9.83. The average Bonchev–Trinajstić information content (AvgIpc) is 1.61. The monoisotopic (exact) mass is 1320 g/mol. The predicted octanol–water partition coefficient (Wildman–Crippen LogP) is 20.8. The minimum absolute atomic E-state index is 0.0747. The molecular weight excluding hydrogens is 1250 g/mol. The van der Waals surface area contributed by atoms with Crippen LogP contribution in [0.2, 0.25) is 0 Å². The highest BCUT2D eigenvalue weighted by atomic mass is 16.5. The largest absolute Gasteiger partial charge is 0.458 e. The first-order valence-electron chi connectivity index (χ1n) is 36.1. The van der Waals surface area contributed by atoms with Gasteiger partial charge in [0.05, 0.1) is 22.7 Å². The lowest BCUT2D eigenvalue weighted by atomic mass is 9.34. The van der Waals surface area contributed by atoms with Crippen LogP contribution in [0.15, 0.2) is 267 Å². The SMILES string of the molecule is Cc1cc(C)c(-c2cc3c4c(c2)-n2c5ccc(-c6ccccc6)cc5c5cc(-c6ccccc6)cc(c52)B4c2ccc(C(C)(C)C)cc2O3)c(C)c1-c1ccc(-c2ccc3c(c2)c2cc(-c4ccccc4)cc4c2n3-c2cc(-c3ccc(C#N)cc3)cc3c2B4c2ccc(C(C)(C)C)cc2O3)cc1. The molecule has 2 aromatic heterocycles. The Bertz CT molecular complexity index is 6400. The van der Waals surface area contributed by atoms with E-state index in [2.05, 4.69) is 332 Å². The molecule has 0 radical (unpaired) electrons. The summed E-state index contributed by atoms with van der Waals surface area (Å²) in [6.45, 7) is 20.4. The summed E-state index contributed by atoms with van der Waals surface area (Å²) >= 11 is 0. The van der Waals surface area contributed by atoms with Gasteiger partial charge in [-0.15, -0.1) is 0 Å². The molecule has 0 saturated carbocycles. The van der Waals surface area contributed by atoms with Gasteiger partial charge in [0.15, 0.2) is 0 Å². The van der Waals surface area contributed by atoms with E-state index in [4.69, 9.17) is 9.47 Å². The summed E-state index contributed by atoms with van der Waals surface area (Å²) in [6, 6.07) is 102. The van der Waals surface area contributed by atoms with Crippen LogP contribution in [-0.2, 0) is 10.8 Å². The van der Waals surface area contributed by atoms with Gasteiger partial charge in [0, 0.05) is 44.0 Å². The Hall–Kier alpha value is -12.1. The van der Waals surface area contributed by atoms with Crippen LogP contribution < -0.4 is 42.3 Å². The van der Waals surface area contributed by atoms with E-state index < -0.39 is 0 Å². The van der Waals surface area contributed by atoms with Crippen LogP contribution in [0, 0.1) is 32.1 Å². The van der Waals surface area contributed by atoms with Gasteiger partial charge in [-0.1, -0.05) is 224 Å². The topological polar surface area (TPSA) is 52.1 Å². The Balaban J connectivity index is 0.743. The molecule has 20 rings (SSSR count). The van der Waals surface area contributed by atoms with E-state index in [1.54, 1.807) is 0 Å². The number of hydrogen-bond acceptors (Lipinski definition) is 3. The molecule has 4 aliphatic heterocycles. The minimum Gasteiger partial charge on any atom is -0.458 e. The van der Waals surface area contributed by atoms with Gasteiger partial charge in [0.25, 0.3) is 13.4 Å². The number of rotatable bonds is 7. The number of nitriles is 1. The van der Waals surface area contributed by atoms with Crippen LogP contribution >= 0.6 is 0 Å². The van der Waals surface area contributed by atoms with Crippen LogP contribution in [0.5, 0.6) is 23.0 Å². The fourth-order valence-corrected chi connectivity index (χ4v) is 18.0. The smallest absolute Gasteiger partial charge is 0.256 e. The lowest BCUT2D eigenvalue weighted by molar-refractivity contribution is 0.483. The van der Waals surface area contributed by atoms with Crippen molar-refractivity contribution in [1.82, 2.24) is 9.13 Å². The summed E-state index contributed by atoms with van der Waals surface area (Å²) in [6.07, 6.45) is 0. The van der Waals surface area contributed by atoms with E-state index in [-0.39, 0.29) is 24.3 Å². The van der Waals surface area contributed by atoms with Gasteiger partial charge in [-0.3, -0.25) is 0 Å². The van der Waals surface area contributed by atoms with E-state index in [1.807, 2.05) is 12.1 Å². The minimum atomic E-state index is -0.0890. The summed E-state index contributed by atoms with van der Waals surface area (Å²) in [7, 11) is 0. The number of aromatic nitrogens is 2. The number of benzene rings is 14. The van der Waals surface area contributed by atoms with Gasteiger partial charge < -0.3 is 18.6 Å². The summed E-state index contributed by atoms with van der Waals surface area (Å²) in [5.41, 5.74) is 37.2. The number of hydrogen-bond donors (Lipinski definition) is 0. The quantitative estimate of drug-likeness (QED) is 0.149. The molecule has 0 fully saturated rings. The van der Waals surface area contributed by atoms with Crippen LogP contribution in [0.25, 0.3) is 133 Å². The van der Waals surface area contributed by atoms with Crippen LogP contribution in [0.1, 0.15) is 74.9 Å². The van der Waals surface area contributed by atoms with Crippen molar-refractivity contribution in [3.63, 3.8) is 0 Å². The molecule has 0 N–H and O–H groups in total. The van der Waals surface area contributed by atoms with Gasteiger partial charge in [-0.05, 0) is 255 Å². The third-order valence-corrected chi connectivity index (χ3v) is 23.0. The zero-order valence-electron chi connectivity index (χ0n) is 59.2. The first-order chi connectivity index (χ1) is 50.0. The van der Waals surface area contributed by atoms with Crippen molar-refractivity contribution in [2.75, 3.05) is 0 Å². The first kappa shape index (κ1) is 60.8. The number of nitrogens with zero attached hydrogens (tertiary/aromatic N) is 3. The zero-order valence-corrected chi connectivity index (χ0v) is 59.2. The second-order valence-electron chi connectivity index (χ2n) is 31.2. The average molecular weight is 1320 g/mol. The molecule has 0 spiro atoms. The second-order valence-corrected chi connectivity index (χ2v) is 31.2. The molecule has 488 valence electrons. The van der Waals surface area contributed by atoms with Crippen molar-refractivity contribution in [2.45, 2.75) is 73.1 Å². The molecule has 4 aliphatic rings. The second kappa shape index (κ2) is 22.2. The molecule has 14 aromatic carbocycles. The number of ether oxygens (including phenoxy) is 2. The van der Waals surface area contributed by atoms with Gasteiger partial charge in [0.2, 0.25) is 0 Å². The van der Waals surface area contributed by atoms with E-state index in [0.29, 0.717) is 5.56 Å². The van der Waals surface area contributed by atoms with Crippen molar-refractivity contribution in [1.29, 1.82) is 5.26 Å². The Morgan fingerprint density at radius 2 is 0.699 bits per heavy atom. The standard InChI is InChI=1S/C96H71B2N3O2/c1-55-41-56(2)90(70-49-84-92-88(51-70)103-86-53-72(96(7,8)9)36-38-78(86)98(92)80-47-67(60-21-15-11-16-22-60)44-75-73-42-65(59-19-13-10-14-20-59)33-39-82(73)101(84)94(75)80)57(3)89(55)64-31-29-62(30-32-64)66-34-40-81-74(43-66)76-45-68(61-23-17-12-18-24-61)46-79-93(76)100(81)83-48-69(63-27-25-58(54-99)26-28-63)50-87-91(83)97(79)77-37-35-71(95(4,5)6)52-85(77)102-87/h10-53H,1-9H3. The first-order valence-corrected chi connectivity index (χ1v) is 36.1. The van der Waals surface area contributed by atoms with E-state index in [9.17, 15) is 5.26 Å². The molecule has 16 aromatic rings. The molecule has 0 unspecified atom stereocenters. The fraction of sp³-hybridized carbons (Fsp3) is 0.115. The van der Waals surface area contributed by atoms with Gasteiger partial charge in [0.1, 0.15) is 23.0 Å². The fourth-order valence-electron chi connectivity index (χ4n) is 18.0. The Kier molecular flexibility index (Phi) is 13.1. The highest BCUT2D eigenvalue weighted by molar-refractivity contribution is 7.00. The maximum Gasteiger partial charge on any atom is 0.256 e. The molecule has 103 heavy (non-hydrogen) atoms. The molecule has 0 bridgehead atoms. The van der Waals surface area contributed by atoms with Crippen molar-refractivity contribution >= 4 is 89.8 Å². The van der Waals surface area contributed by atoms with Crippen molar-refractivity contribution in [2.24, 2.45) is 0 Å². The van der Waals surface area contributed by atoms with Crippen molar-refractivity contribution in [3.8, 4) is 118 Å². The van der Waals surface area contributed by atoms with Crippen LogP contribution in [0.3, 0.4) is 0 Å².